The molecule has 0 amide bonds. The van der Waals surface area contributed by atoms with Crippen LogP contribution >= 0.6 is 0 Å². The van der Waals surface area contributed by atoms with E-state index in [-0.39, 0.29) is 6.54 Å². The third-order valence-electron chi connectivity index (χ3n) is 1.55. The Labute approximate surface area is 86.6 Å². The van der Waals surface area contributed by atoms with Crippen LogP contribution < -0.4 is 5.73 Å². The van der Waals surface area contributed by atoms with Crippen molar-refractivity contribution in [3.8, 4) is 0 Å². The number of para-hydroxylation sites is 2. The minimum atomic E-state index is -0.968. The van der Waals surface area contributed by atoms with Crippen LogP contribution in [0.3, 0.4) is 0 Å². The molecule has 5 heteroatoms. The summed E-state index contributed by atoms with van der Waals surface area (Å²) in [7, 11) is 0. The molecule has 0 fully saturated rings. The minimum Gasteiger partial charge on any atom is -0.480 e. The quantitative estimate of drug-likeness (QED) is 0.713. The Kier molecular flexibility index (Phi) is 4.18. The van der Waals surface area contributed by atoms with E-state index in [2.05, 4.69) is 15.7 Å². The molecule has 1 aromatic heterocycles. The number of benzene rings is 1. The summed E-state index contributed by atoms with van der Waals surface area (Å²) in [5, 5.41) is 7.60. The predicted octanol–water partition coefficient (Wildman–Crippen LogP) is 0.659. The van der Waals surface area contributed by atoms with Gasteiger partial charge in [0.2, 0.25) is 0 Å². The van der Waals surface area contributed by atoms with Crippen molar-refractivity contribution in [3.63, 3.8) is 0 Å². The molecule has 3 N–H and O–H groups in total. The highest BCUT2D eigenvalue weighted by Crippen LogP contribution is 2.04. The largest absolute Gasteiger partial charge is 0.480 e. The van der Waals surface area contributed by atoms with Crippen molar-refractivity contribution in [3.05, 3.63) is 36.7 Å². The van der Waals surface area contributed by atoms with Crippen molar-refractivity contribution >= 4 is 17.0 Å². The number of nitrogens with zero attached hydrogens (tertiary/aromatic N) is 2. The van der Waals surface area contributed by atoms with Crippen LogP contribution in [0.1, 0.15) is 0 Å². The molecule has 2 rings (SSSR count). The third kappa shape index (κ3) is 3.70. The number of carboxylic acid groups (broad SMARTS) is 1. The maximum atomic E-state index is 9.24. The standard InChI is InChI=1S/C8H6N2.C2H5NO2/c1-2-4-8-7(3-1)9-5-6-10-8;3-1-2(4)5/h1-6H;1,3H2,(H,4,5). The van der Waals surface area contributed by atoms with Crippen molar-refractivity contribution in [1.29, 1.82) is 0 Å². The fraction of sp³-hybridized carbons (Fsp3) is 0.100. The minimum absolute atomic E-state index is 0.278. The van der Waals surface area contributed by atoms with Crippen LogP contribution in [0.25, 0.3) is 11.0 Å². The van der Waals surface area contributed by atoms with Crippen LogP contribution in [0.5, 0.6) is 0 Å². The third-order valence-corrected chi connectivity index (χ3v) is 1.55. The second kappa shape index (κ2) is 5.66. The van der Waals surface area contributed by atoms with Crippen LogP contribution in [0.15, 0.2) is 36.7 Å². The highest BCUT2D eigenvalue weighted by Gasteiger charge is 1.88. The molecular weight excluding hydrogens is 194 g/mol. The highest BCUT2D eigenvalue weighted by atomic mass is 16.4. The average Bonchev–Trinajstić information content (AvgIpc) is 2.30. The molecule has 1 aromatic carbocycles. The van der Waals surface area contributed by atoms with Gasteiger partial charge in [-0.1, -0.05) is 12.1 Å². The zero-order chi connectivity index (χ0) is 11.1. The van der Waals surface area contributed by atoms with Gasteiger partial charge in [0.15, 0.2) is 0 Å². The summed E-state index contributed by atoms with van der Waals surface area (Å²) in [6.45, 7) is -0.278. The molecule has 0 unspecified atom stereocenters. The Bertz CT molecular complexity index is 380. The Morgan fingerprint density at radius 2 is 1.60 bits per heavy atom. The molecule has 5 nitrogen and oxygen atoms in total. The van der Waals surface area contributed by atoms with Crippen LogP contribution in [0.4, 0.5) is 0 Å². The van der Waals surface area contributed by atoms with E-state index >= 15 is 0 Å². The Hall–Kier alpha value is -2.01. The van der Waals surface area contributed by atoms with E-state index < -0.39 is 5.97 Å². The topological polar surface area (TPSA) is 89.1 Å². The lowest BCUT2D eigenvalue weighted by Gasteiger charge is -1.90. The molecule has 0 spiro atoms. The lowest BCUT2D eigenvalue weighted by molar-refractivity contribution is -0.135. The van der Waals surface area contributed by atoms with Gasteiger partial charge >= 0.3 is 5.97 Å². The molecular formula is C10H11N3O2. The Morgan fingerprint density at radius 1 is 1.20 bits per heavy atom. The van der Waals surface area contributed by atoms with Gasteiger partial charge in [0, 0.05) is 12.4 Å². The van der Waals surface area contributed by atoms with Gasteiger partial charge in [-0.05, 0) is 12.1 Å². The molecule has 0 aliphatic heterocycles. The molecule has 0 saturated heterocycles. The van der Waals surface area contributed by atoms with E-state index in [0.717, 1.165) is 11.0 Å². The highest BCUT2D eigenvalue weighted by molar-refractivity contribution is 5.73. The van der Waals surface area contributed by atoms with E-state index in [1.807, 2.05) is 24.3 Å². The number of carboxylic acids is 1. The van der Waals surface area contributed by atoms with Crippen LogP contribution in [0, 0.1) is 0 Å². The molecule has 0 radical (unpaired) electrons. The zero-order valence-electron chi connectivity index (χ0n) is 8.00. The smallest absolute Gasteiger partial charge is 0.317 e. The van der Waals surface area contributed by atoms with Gasteiger partial charge in [-0.25, -0.2) is 0 Å². The molecule has 2 aromatic rings. The number of hydrogen-bond acceptors (Lipinski definition) is 4. The lowest BCUT2D eigenvalue weighted by atomic mass is 10.3. The first-order chi connectivity index (χ1) is 7.24. The van der Waals surface area contributed by atoms with Crippen LogP contribution in [-0.4, -0.2) is 27.6 Å². The van der Waals surface area contributed by atoms with Gasteiger partial charge in [0.1, 0.15) is 0 Å². The Balaban J connectivity index is 0.000000195. The summed E-state index contributed by atoms with van der Waals surface area (Å²) >= 11 is 0. The molecule has 15 heavy (non-hydrogen) atoms. The van der Waals surface area contributed by atoms with Crippen molar-refractivity contribution in [2.24, 2.45) is 5.73 Å². The average molecular weight is 205 g/mol. The number of aromatic nitrogens is 2. The van der Waals surface area contributed by atoms with E-state index in [0.29, 0.717) is 0 Å². The summed E-state index contributed by atoms with van der Waals surface area (Å²) in [6, 6.07) is 7.80. The van der Waals surface area contributed by atoms with E-state index in [4.69, 9.17) is 5.11 Å². The summed E-state index contributed by atoms with van der Waals surface area (Å²) in [4.78, 5) is 17.5. The molecule has 0 saturated carbocycles. The number of nitrogens with two attached hydrogens (primary N) is 1. The first-order valence-electron chi connectivity index (χ1n) is 4.31. The molecule has 0 aliphatic rings. The van der Waals surface area contributed by atoms with Gasteiger partial charge in [0.25, 0.3) is 0 Å². The molecule has 0 aliphatic carbocycles. The fourth-order valence-electron chi connectivity index (χ4n) is 0.910. The van der Waals surface area contributed by atoms with Gasteiger partial charge in [-0.3, -0.25) is 14.8 Å². The number of aliphatic carboxylic acids is 1. The van der Waals surface area contributed by atoms with Crippen molar-refractivity contribution in [2.45, 2.75) is 0 Å². The normalized spacial score (nSPS) is 9.13. The summed E-state index contributed by atoms with van der Waals surface area (Å²) in [6.07, 6.45) is 3.39. The van der Waals surface area contributed by atoms with Gasteiger partial charge in [-0.15, -0.1) is 0 Å². The second-order valence-electron chi connectivity index (χ2n) is 2.64. The van der Waals surface area contributed by atoms with Crippen molar-refractivity contribution in [1.82, 2.24) is 9.97 Å². The van der Waals surface area contributed by atoms with Crippen LogP contribution in [-0.2, 0) is 4.79 Å². The van der Waals surface area contributed by atoms with Gasteiger partial charge < -0.3 is 10.8 Å². The lowest BCUT2D eigenvalue weighted by Crippen LogP contribution is -2.10. The first-order valence-corrected chi connectivity index (χ1v) is 4.31. The number of carbonyl (C=O) groups is 1. The maximum Gasteiger partial charge on any atom is 0.317 e. The second-order valence-corrected chi connectivity index (χ2v) is 2.64. The monoisotopic (exact) mass is 205 g/mol. The molecule has 1 heterocycles. The fourth-order valence-corrected chi connectivity index (χ4v) is 0.910. The summed E-state index contributed by atoms with van der Waals surface area (Å²) in [5.41, 5.74) is 6.47. The predicted molar refractivity (Wildman–Crippen MR) is 56.2 cm³/mol. The maximum absolute atomic E-state index is 9.24. The molecule has 78 valence electrons. The van der Waals surface area contributed by atoms with Crippen molar-refractivity contribution in [2.75, 3.05) is 6.54 Å². The first kappa shape index (κ1) is 11.1. The summed E-state index contributed by atoms with van der Waals surface area (Å²) < 4.78 is 0. The summed E-state index contributed by atoms with van der Waals surface area (Å²) in [5.74, 6) is -0.968. The molecule has 0 atom stereocenters. The van der Waals surface area contributed by atoms with Gasteiger partial charge in [0.05, 0.1) is 17.6 Å². The van der Waals surface area contributed by atoms with Crippen LogP contribution in [0.2, 0.25) is 0 Å². The van der Waals surface area contributed by atoms with E-state index in [1.54, 1.807) is 12.4 Å². The number of fused-ring (bicyclic) bond motifs is 1. The van der Waals surface area contributed by atoms with E-state index in [9.17, 15) is 4.79 Å². The van der Waals surface area contributed by atoms with E-state index in [1.165, 1.54) is 0 Å². The zero-order valence-corrected chi connectivity index (χ0v) is 8.00. The molecule has 0 bridgehead atoms. The number of rotatable bonds is 1. The SMILES string of the molecule is NCC(=O)O.c1ccc2nccnc2c1. The Morgan fingerprint density at radius 3 is 1.93 bits per heavy atom. The van der Waals surface area contributed by atoms with Crippen molar-refractivity contribution < 1.29 is 9.90 Å². The number of hydrogen-bond donors (Lipinski definition) is 2. The van der Waals surface area contributed by atoms with Gasteiger partial charge in [-0.2, -0.15) is 0 Å².